The smallest absolute Gasteiger partial charge is 0.306 e. The molecule has 4 unspecified atom stereocenters. The van der Waals surface area contributed by atoms with Crippen molar-refractivity contribution >= 4 is 11.9 Å². The number of hydrogen-bond donors (Lipinski definition) is 0. The summed E-state index contributed by atoms with van der Waals surface area (Å²) in [5.41, 5.74) is 0. The fraction of sp³-hybridized carbons (Fsp3) is 0.667. The van der Waals surface area contributed by atoms with Crippen LogP contribution in [-0.4, -0.2) is 24.1 Å². The van der Waals surface area contributed by atoms with E-state index in [9.17, 15) is 9.59 Å². The van der Waals surface area contributed by atoms with Crippen LogP contribution >= 0.6 is 0 Å². The van der Waals surface area contributed by atoms with Crippen LogP contribution in [0.4, 0.5) is 0 Å². The van der Waals surface area contributed by atoms with Gasteiger partial charge in [0.05, 0.1) is 12.8 Å². The minimum Gasteiger partial charge on any atom is -0.458 e. The van der Waals surface area contributed by atoms with Crippen molar-refractivity contribution in [1.29, 1.82) is 0 Å². The van der Waals surface area contributed by atoms with Crippen LogP contribution in [0.1, 0.15) is 52.4 Å². The molecule has 0 radical (unpaired) electrons. The van der Waals surface area contributed by atoms with Gasteiger partial charge in [-0.05, 0) is 37.5 Å². The van der Waals surface area contributed by atoms with Crippen LogP contribution < -0.4 is 0 Å². The Bertz CT molecular complexity index is 364. The van der Waals surface area contributed by atoms with E-state index in [1.165, 1.54) is 0 Å². The Kier molecular flexibility index (Phi) is 7.92. The van der Waals surface area contributed by atoms with Gasteiger partial charge >= 0.3 is 11.9 Å². The number of carbonyl (C=O) groups is 2. The molecule has 0 saturated heterocycles. The maximum atomic E-state index is 11.9. The molecule has 0 N–H and O–H groups in total. The molecule has 1 aliphatic carbocycles. The van der Waals surface area contributed by atoms with Crippen LogP contribution in [0.25, 0.3) is 0 Å². The van der Waals surface area contributed by atoms with Crippen LogP contribution in [0.15, 0.2) is 25.3 Å². The number of esters is 2. The first-order valence-electron chi connectivity index (χ1n) is 8.10. The maximum absolute atomic E-state index is 11.9. The first kappa shape index (κ1) is 18.5. The Labute approximate surface area is 133 Å². The highest BCUT2D eigenvalue weighted by Crippen LogP contribution is 2.25. The van der Waals surface area contributed by atoms with Crippen LogP contribution in [0.2, 0.25) is 0 Å². The third-order valence-electron chi connectivity index (χ3n) is 3.99. The summed E-state index contributed by atoms with van der Waals surface area (Å²) in [6, 6.07) is 0. The van der Waals surface area contributed by atoms with E-state index in [0.29, 0.717) is 12.8 Å². The highest BCUT2D eigenvalue weighted by Gasteiger charge is 2.31. The lowest BCUT2D eigenvalue weighted by Gasteiger charge is -2.31. The first-order chi connectivity index (χ1) is 10.5. The molecule has 1 saturated carbocycles. The predicted molar refractivity (Wildman–Crippen MR) is 86.2 cm³/mol. The lowest BCUT2D eigenvalue weighted by atomic mass is 9.94. The van der Waals surface area contributed by atoms with Gasteiger partial charge in [-0.3, -0.25) is 9.59 Å². The van der Waals surface area contributed by atoms with Gasteiger partial charge in [-0.2, -0.15) is 0 Å². The van der Waals surface area contributed by atoms with E-state index in [0.717, 1.165) is 25.7 Å². The molecule has 22 heavy (non-hydrogen) atoms. The molecule has 0 amide bonds. The lowest BCUT2D eigenvalue weighted by Crippen LogP contribution is -2.38. The Morgan fingerprint density at radius 3 is 1.64 bits per heavy atom. The lowest BCUT2D eigenvalue weighted by molar-refractivity contribution is -0.172. The van der Waals surface area contributed by atoms with E-state index in [1.54, 1.807) is 12.2 Å². The zero-order valence-corrected chi connectivity index (χ0v) is 13.8. The van der Waals surface area contributed by atoms with Gasteiger partial charge in [0.25, 0.3) is 0 Å². The van der Waals surface area contributed by atoms with Crippen LogP contribution in [0, 0.1) is 11.8 Å². The fourth-order valence-corrected chi connectivity index (χ4v) is 2.46. The van der Waals surface area contributed by atoms with Crippen LogP contribution in [0.5, 0.6) is 0 Å². The predicted octanol–water partition coefficient (Wildman–Crippen LogP) is 3.81. The van der Waals surface area contributed by atoms with Crippen molar-refractivity contribution in [3.8, 4) is 0 Å². The molecule has 0 aliphatic heterocycles. The van der Waals surface area contributed by atoms with Gasteiger partial charge in [0.1, 0.15) is 12.2 Å². The summed E-state index contributed by atoms with van der Waals surface area (Å²) in [7, 11) is 0. The van der Waals surface area contributed by atoms with E-state index < -0.39 is 0 Å². The molecule has 0 bridgehead atoms. The molecule has 1 aliphatic rings. The Balaban J connectivity index is 2.52. The summed E-state index contributed by atoms with van der Waals surface area (Å²) in [5.74, 6) is -0.323. The highest BCUT2D eigenvalue weighted by atomic mass is 16.6. The first-order valence-corrected chi connectivity index (χ1v) is 8.10. The molecule has 124 valence electrons. The van der Waals surface area contributed by atoms with Gasteiger partial charge in [0.15, 0.2) is 0 Å². The molecule has 0 aromatic carbocycles. The van der Waals surface area contributed by atoms with E-state index in [-0.39, 0.29) is 36.0 Å². The molecular formula is C18H28O4. The quantitative estimate of drug-likeness (QED) is 0.505. The summed E-state index contributed by atoms with van der Waals surface area (Å²) in [4.78, 5) is 23.8. The van der Waals surface area contributed by atoms with E-state index in [2.05, 4.69) is 13.2 Å². The number of hydrogen-bond acceptors (Lipinski definition) is 4. The Hall–Kier alpha value is -1.58. The van der Waals surface area contributed by atoms with Crippen molar-refractivity contribution < 1.29 is 19.1 Å². The second-order valence-corrected chi connectivity index (χ2v) is 6.18. The second kappa shape index (κ2) is 9.44. The zero-order chi connectivity index (χ0) is 16.5. The summed E-state index contributed by atoms with van der Waals surface area (Å²) >= 11 is 0. The van der Waals surface area contributed by atoms with Gasteiger partial charge < -0.3 is 9.47 Å². The third kappa shape index (κ3) is 6.46. The zero-order valence-electron chi connectivity index (χ0n) is 13.8. The molecule has 4 nitrogen and oxygen atoms in total. The molecule has 0 heterocycles. The van der Waals surface area contributed by atoms with E-state index in [4.69, 9.17) is 9.47 Å². The summed E-state index contributed by atoms with van der Waals surface area (Å²) < 4.78 is 11.0. The van der Waals surface area contributed by atoms with Crippen molar-refractivity contribution in [3.05, 3.63) is 25.3 Å². The van der Waals surface area contributed by atoms with Crippen molar-refractivity contribution in [2.45, 2.75) is 64.6 Å². The average molecular weight is 308 g/mol. The number of carbonyl (C=O) groups excluding carboxylic acids is 2. The molecule has 4 heteroatoms. The van der Waals surface area contributed by atoms with Crippen LogP contribution in [-0.2, 0) is 19.1 Å². The van der Waals surface area contributed by atoms with Crippen molar-refractivity contribution in [2.75, 3.05) is 0 Å². The summed E-state index contributed by atoms with van der Waals surface area (Å²) in [6.07, 6.45) is 6.95. The van der Waals surface area contributed by atoms with E-state index in [1.807, 2.05) is 13.8 Å². The van der Waals surface area contributed by atoms with Gasteiger partial charge in [-0.15, -0.1) is 13.2 Å². The molecule has 1 fully saturated rings. The molecule has 0 spiro atoms. The normalized spacial score (nSPS) is 23.9. The highest BCUT2D eigenvalue weighted by molar-refractivity contribution is 5.71. The Morgan fingerprint density at radius 1 is 0.955 bits per heavy atom. The summed E-state index contributed by atoms with van der Waals surface area (Å²) in [6.45, 7) is 11.2. The molecule has 0 aromatic rings. The SMILES string of the molecule is C=CC(C)CC(=O)OC1CCCCC1OC(=O)CC(C)C=C. The minimum atomic E-state index is -0.318. The van der Waals surface area contributed by atoms with E-state index >= 15 is 0 Å². The molecule has 1 rings (SSSR count). The number of rotatable bonds is 8. The van der Waals surface area contributed by atoms with Gasteiger partial charge in [0, 0.05) is 0 Å². The van der Waals surface area contributed by atoms with Crippen molar-refractivity contribution in [1.82, 2.24) is 0 Å². The van der Waals surface area contributed by atoms with Gasteiger partial charge in [-0.25, -0.2) is 0 Å². The van der Waals surface area contributed by atoms with Crippen molar-refractivity contribution in [3.63, 3.8) is 0 Å². The fourth-order valence-electron chi connectivity index (χ4n) is 2.46. The average Bonchev–Trinajstić information content (AvgIpc) is 2.48. The summed E-state index contributed by atoms with van der Waals surface area (Å²) in [5, 5.41) is 0. The standard InChI is InChI=1S/C18H28O4/c1-5-13(3)11-17(19)21-15-9-7-8-10-16(15)22-18(20)12-14(4)6-2/h5-6,13-16H,1-2,7-12H2,3-4H3. The maximum Gasteiger partial charge on any atom is 0.306 e. The van der Waals surface area contributed by atoms with Gasteiger partial charge in [0.2, 0.25) is 0 Å². The largest absolute Gasteiger partial charge is 0.458 e. The second-order valence-electron chi connectivity index (χ2n) is 6.18. The number of allylic oxidation sites excluding steroid dienone is 2. The monoisotopic (exact) mass is 308 g/mol. The van der Waals surface area contributed by atoms with Gasteiger partial charge in [-0.1, -0.05) is 26.0 Å². The molecule has 0 aromatic heterocycles. The molecule has 4 atom stereocenters. The third-order valence-corrected chi connectivity index (χ3v) is 3.99. The molecular weight excluding hydrogens is 280 g/mol. The van der Waals surface area contributed by atoms with Crippen molar-refractivity contribution in [2.24, 2.45) is 11.8 Å². The Morgan fingerprint density at radius 2 is 1.32 bits per heavy atom. The number of ether oxygens (including phenoxy) is 2. The minimum absolute atomic E-state index is 0.0885. The topological polar surface area (TPSA) is 52.6 Å². The van der Waals surface area contributed by atoms with Crippen LogP contribution in [0.3, 0.4) is 0 Å².